The number of carbonyl (C=O) groups is 1. The van der Waals surface area contributed by atoms with E-state index in [0.29, 0.717) is 10.5 Å². The Morgan fingerprint density at radius 1 is 1.44 bits per heavy atom. The van der Waals surface area contributed by atoms with Crippen molar-refractivity contribution in [3.63, 3.8) is 0 Å². The minimum atomic E-state index is -0.568. The summed E-state index contributed by atoms with van der Waals surface area (Å²) in [5.41, 5.74) is 0.218. The first-order valence-corrected chi connectivity index (χ1v) is 6.35. The van der Waals surface area contributed by atoms with Crippen LogP contribution in [0.25, 0.3) is 0 Å². The van der Waals surface area contributed by atoms with Crippen LogP contribution in [0.4, 0.5) is 5.69 Å². The summed E-state index contributed by atoms with van der Waals surface area (Å²) in [6, 6.07) is 4.39. The Labute approximate surface area is 109 Å². The SMILES string of the molecule is CC(=O)c1ccc(SC(C)C(C)O)c([N+](=O)[O-])c1. The van der Waals surface area contributed by atoms with E-state index >= 15 is 0 Å². The highest BCUT2D eigenvalue weighted by molar-refractivity contribution is 8.00. The van der Waals surface area contributed by atoms with E-state index in [9.17, 15) is 20.0 Å². The van der Waals surface area contributed by atoms with Gasteiger partial charge in [-0.3, -0.25) is 14.9 Å². The van der Waals surface area contributed by atoms with E-state index < -0.39 is 11.0 Å². The number of hydrogen-bond acceptors (Lipinski definition) is 5. The number of ketones is 1. The van der Waals surface area contributed by atoms with Gasteiger partial charge in [-0.05, 0) is 26.0 Å². The number of hydrogen-bond donors (Lipinski definition) is 1. The monoisotopic (exact) mass is 269 g/mol. The van der Waals surface area contributed by atoms with Crippen molar-refractivity contribution in [2.75, 3.05) is 0 Å². The summed E-state index contributed by atoms with van der Waals surface area (Å²) in [7, 11) is 0. The van der Waals surface area contributed by atoms with E-state index in [2.05, 4.69) is 0 Å². The lowest BCUT2D eigenvalue weighted by Gasteiger charge is -2.14. The fourth-order valence-corrected chi connectivity index (χ4v) is 2.28. The molecule has 18 heavy (non-hydrogen) atoms. The standard InChI is InChI=1S/C12H15NO4S/c1-7(14)9(3)18-12-5-4-10(8(2)15)6-11(12)13(16)17/h4-7,9,14H,1-3H3. The van der Waals surface area contributed by atoms with Crippen LogP contribution < -0.4 is 0 Å². The van der Waals surface area contributed by atoms with Crippen LogP contribution in [0.2, 0.25) is 0 Å². The number of Topliss-reactive ketones (excluding diaryl/α,β-unsaturated/α-hetero) is 1. The summed E-state index contributed by atoms with van der Waals surface area (Å²) in [5.74, 6) is -0.210. The van der Waals surface area contributed by atoms with Gasteiger partial charge in [0, 0.05) is 16.9 Å². The van der Waals surface area contributed by atoms with E-state index in [1.54, 1.807) is 26.0 Å². The van der Waals surface area contributed by atoms with Crippen LogP contribution in [0.5, 0.6) is 0 Å². The molecule has 1 aromatic rings. The normalized spacial score (nSPS) is 14.0. The number of carbonyl (C=O) groups excluding carboxylic acids is 1. The van der Waals surface area contributed by atoms with E-state index in [0.717, 1.165) is 0 Å². The van der Waals surface area contributed by atoms with Crippen molar-refractivity contribution < 1.29 is 14.8 Å². The highest BCUT2D eigenvalue weighted by atomic mass is 32.2. The fourth-order valence-electron chi connectivity index (χ4n) is 1.28. The lowest BCUT2D eigenvalue weighted by atomic mass is 10.1. The highest BCUT2D eigenvalue weighted by Crippen LogP contribution is 2.33. The van der Waals surface area contributed by atoms with Crippen molar-refractivity contribution in [3.05, 3.63) is 33.9 Å². The van der Waals surface area contributed by atoms with Gasteiger partial charge in [0.1, 0.15) is 0 Å². The summed E-state index contributed by atoms with van der Waals surface area (Å²) in [6.45, 7) is 4.79. The van der Waals surface area contributed by atoms with E-state index in [1.165, 1.54) is 24.8 Å². The highest BCUT2D eigenvalue weighted by Gasteiger charge is 2.20. The quantitative estimate of drug-likeness (QED) is 0.384. The van der Waals surface area contributed by atoms with Gasteiger partial charge in [-0.1, -0.05) is 6.92 Å². The maximum absolute atomic E-state index is 11.2. The number of rotatable bonds is 5. The zero-order chi connectivity index (χ0) is 13.9. The Balaban J connectivity index is 3.12. The van der Waals surface area contributed by atoms with Crippen molar-refractivity contribution in [1.29, 1.82) is 0 Å². The molecule has 0 radical (unpaired) electrons. The van der Waals surface area contributed by atoms with E-state index in [-0.39, 0.29) is 16.7 Å². The third kappa shape index (κ3) is 3.54. The first-order chi connectivity index (χ1) is 8.32. The Kier molecular flexibility index (Phi) is 4.86. The molecule has 0 saturated carbocycles. The molecule has 5 nitrogen and oxygen atoms in total. The molecule has 0 spiro atoms. The smallest absolute Gasteiger partial charge is 0.283 e. The fraction of sp³-hybridized carbons (Fsp3) is 0.417. The predicted molar refractivity (Wildman–Crippen MR) is 70.1 cm³/mol. The van der Waals surface area contributed by atoms with Crippen molar-refractivity contribution in [3.8, 4) is 0 Å². The molecule has 0 saturated heterocycles. The van der Waals surface area contributed by atoms with E-state index in [1.807, 2.05) is 0 Å². The molecule has 2 atom stereocenters. The zero-order valence-electron chi connectivity index (χ0n) is 10.4. The molecule has 0 aromatic heterocycles. The van der Waals surface area contributed by atoms with Crippen molar-refractivity contribution in [1.82, 2.24) is 0 Å². The van der Waals surface area contributed by atoms with Gasteiger partial charge in [-0.2, -0.15) is 0 Å². The lowest BCUT2D eigenvalue weighted by molar-refractivity contribution is -0.387. The molecule has 0 bridgehead atoms. The number of nitro benzene ring substituents is 1. The molecule has 0 amide bonds. The molecule has 0 aliphatic rings. The van der Waals surface area contributed by atoms with Gasteiger partial charge in [-0.25, -0.2) is 0 Å². The lowest BCUT2D eigenvalue weighted by Crippen LogP contribution is -2.15. The number of aliphatic hydroxyl groups excluding tert-OH is 1. The number of aliphatic hydroxyl groups is 1. The summed E-state index contributed by atoms with van der Waals surface area (Å²) in [5, 5.41) is 20.2. The third-order valence-electron chi connectivity index (χ3n) is 2.55. The second-order valence-corrected chi connectivity index (χ2v) is 5.48. The van der Waals surface area contributed by atoms with Gasteiger partial charge in [0.05, 0.1) is 15.9 Å². The zero-order valence-corrected chi connectivity index (χ0v) is 11.2. The van der Waals surface area contributed by atoms with Gasteiger partial charge in [0.2, 0.25) is 0 Å². The van der Waals surface area contributed by atoms with Gasteiger partial charge in [-0.15, -0.1) is 11.8 Å². The largest absolute Gasteiger partial charge is 0.392 e. The minimum absolute atomic E-state index is 0.0970. The Morgan fingerprint density at radius 3 is 2.50 bits per heavy atom. The maximum Gasteiger partial charge on any atom is 0.283 e. The topological polar surface area (TPSA) is 80.4 Å². The average molecular weight is 269 g/mol. The van der Waals surface area contributed by atoms with Crippen LogP contribution in [0.15, 0.2) is 23.1 Å². The summed E-state index contributed by atoms with van der Waals surface area (Å²) in [6.07, 6.45) is -0.568. The van der Waals surface area contributed by atoms with Gasteiger partial charge >= 0.3 is 0 Å². The van der Waals surface area contributed by atoms with Crippen LogP contribution in [0.3, 0.4) is 0 Å². The molecule has 2 unspecified atom stereocenters. The first kappa shape index (κ1) is 14.7. The van der Waals surface area contributed by atoms with Crippen LogP contribution in [-0.4, -0.2) is 27.2 Å². The molecule has 0 fully saturated rings. The van der Waals surface area contributed by atoms with Gasteiger partial charge < -0.3 is 5.11 Å². The molecule has 1 N–H and O–H groups in total. The second kappa shape index (κ2) is 5.97. The Hall–Kier alpha value is -1.40. The van der Waals surface area contributed by atoms with Crippen molar-refractivity contribution in [2.24, 2.45) is 0 Å². The molecular formula is C12H15NO4S. The van der Waals surface area contributed by atoms with E-state index in [4.69, 9.17) is 0 Å². The third-order valence-corrected chi connectivity index (χ3v) is 3.92. The van der Waals surface area contributed by atoms with Crippen LogP contribution in [0, 0.1) is 10.1 Å². The molecular weight excluding hydrogens is 254 g/mol. The van der Waals surface area contributed by atoms with Gasteiger partial charge in [0.15, 0.2) is 5.78 Å². The molecule has 1 rings (SSSR count). The molecule has 98 valence electrons. The van der Waals surface area contributed by atoms with Crippen LogP contribution in [-0.2, 0) is 0 Å². The molecule has 0 aliphatic carbocycles. The number of thioether (sulfide) groups is 1. The predicted octanol–water partition coefficient (Wildman–Crippen LogP) is 2.66. The Morgan fingerprint density at radius 2 is 2.06 bits per heavy atom. The number of nitro groups is 1. The number of benzene rings is 1. The summed E-state index contributed by atoms with van der Waals surface area (Å²) >= 11 is 1.22. The van der Waals surface area contributed by atoms with Crippen LogP contribution in [0.1, 0.15) is 31.1 Å². The summed E-state index contributed by atoms with van der Waals surface area (Å²) in [4.78, 5) is 22.1. The average Bonchev–Trinajstić information content (AvgIpc) is 2.28. The Bertz CT molecular complexity index is 473. The molecule has 0 heterocycles. The van der Waals surface area contributed by atoms with Crippen molar-refractivity contribution >= 4 is 23.2 Å². The molecule has 0 aliphatic heterocycles. The van der Waals surface area contributed by atoms with Gasteiger partial charge in [0.25, 0.3) is 5.69 Å². The second-order valence-electron chi connectivity index (χ2n) is 4.06. The number of nitrogens with zero attached hydrogens (tertiary/aromatic N) is 1. The minimum Gasteiger partial charge on any atom is -0.392 e. The van der Waals surface area contributed by atoms with Crippen LogP contribution >= 0.6 is 11.8 Å². The first-order valence-electron chi connectivity index (χ1n) is 5.47. The maximum atomic E-state index is 11.2. The van der Waals surface area contributed by atoms with Crippen molar-refractivity contribution in [2.45, 2.75) is 37.0 Å². The molecule has 6 heteroatoms. The summed E-state index contributed by atoms with van der Waals surface area (Å²) < 4.78 is 0. The molecule has 1 aromatic carbocycles.